The first-order chi connectivity index (χ1) is 9.35. The first-order valence-corrected chi connectivity index (χ1v) is 7.05. The average Bonchev–Trinajstić information content (AvgIpc) is 2.98. The lowest BCUT2D eigenvalue weighted by molar-refractivity contribution is -0.0816. The zero-order valence-electron chi connectivity index (χ0n) is 12.0. The third-order valence-corrected chi connectivity index (χ3v) is 3.43. The summed E-state index contributed by atoms with van der Waals surface area (Å²) < 4.78 is 11.6. The predicted octanol–water partition coefficient (Wildman–Crippen LogP) is 1.08. The smallest absolute Gasteiger partial charge is 0.195 e. The standard InChI is InChI=1S/C14H23N3O2.HI/c1-3-7-16-14(15-4-2)17-8-10-19-13(11-17)12-6-5-9-18-12;/h1,12-13H,4-11H2,2H3,(H,15,16);1H. The van der Waals surface area contributed by atoms with Crippen LogP contribution in [0.3, 0.4) is 0 Å². The molecule has 2 fully saturated rings. The van der Waals surface area contributed by atoms with Crippen molar-refractivity contribution in [2.45, 2.75) is 32.0 Å². The number of guanidine groups is 1. The third-order valence-electron chi connectivity index (χ3n) is 3.43. The summed E-state index contributed by atoms with van der Waals surface area (Å²) in [4.78, 5) is 6.63. The van der Waals surface area contributed by atoms with Crippen molar-refractivity contribution in [1.82, 2.24) is 10.2 Å². The van der Waals surface area contributed by atoms with Gasteiger partial charge in [0.05, 0.1) is 12.7 Å². The molecule has 0 aliphatic carbocycles. The van der Waals surface area contributed by atoms with Crippen LogP contribution in [0.1, 0.15) is 19.8 Å². The molecular formula is C14H24IN3O2. The summed E-state index contributed by atoms with van der Waals surface area (Å²) >= 11 is 0. The number of halogens is 1. The highest BCUT2D eigenvalue weighted by atomic mass is 127. The molecule has 0 radical (unpaired) electrons. The summed E-state index contributed by atoms with van der Waals surface area (Å²) in [5.41, 5.74) is 0. The maximum Gasteiger partial charge on any atom is 0.195 e. The number of nitrogens with one attached hydrogen (secondary N) is 1. The number of rotatable bonds is 3. The number of hydrogen-bond acceptors (Lipinski definition) is 3. The van der Waals surface area contributed by atoms with E-state index in [0.717, 1.165) is 45.0 Å². The van der Waals surface area contributed by atoms with Crippen molar-refractivity contribution in [1.29, 1.82) is 0 Å². The van der Waals surface area contributed by atoms with E-state index in [9.17, 15) is 0 Å². The molecular weight excluding hydrogens is 369 g/mol. The summed E-state index contributed by atoms with van der Waals surface area (Å²) in [6.45, 7) is 6.54. The van der Waals surface area contributed by atoms with Crippen molar-refractivity contribution < 1.29 is 9.47 Å². The second-order valence-electron chi connectivity index (χ2n) is 4.78. The molecule has 0 spiro atoms. The molecule has 2 rings (SSSR count). The van der Waals surface area contributed by atoms with E-state index in [2.05, 4.69) is 28.1 Å². The molecule has 0 saturated carbocycles. The molecule has 0 amide bonds. The Hall–Kier alpha value is -0.520. The third kappa shape index (κ3) is 4.79. The minimum atomic E-state index is 0. The summed E-state index contributed by atoms with van der Waals surface area (Å²) in [6, 6.07) is 0. The van der Waals surface area contributed by atoms with Gasteiger partial charge in [-0.15, -0.1) is 30.4 Å². The number of nitrogens with zero attached hydrogens (tertiary/aromatic N) is 2. The van der Waals surface area contributed by atoms with Gasteiger partial charge in [0, 0.05) is 26.2 Å². The molecule has 2 unspecified atom stereocenters. The van der Waals surface area contributed by atoms with E-state index in [0.29, 0.717) is 13.2 Å². The van der Waals surface area contributed by atoms with Crippen LogP contribution in [0, 0.1) is 12.3 Å². The topological polar surface area (TPSA) is 46.1 Å². The molecule has 2 saturated heterocycles. The molecule has 20 heavy (non-hydrogen) atoms. The summed E-state index contributed by atoms with van der Waals surface area (Å²) in [6.07, 6.45) is 7.89. The van der Waals surface area contributed by atoms with Crippen LogP contribution in [-0.4, -0.2) is 62.5 Å². The molecule has 114 valence electrons. The van der Waals surface area contributed by atoms with Crippen LogP contribution in [0.25, 0.3) is 0 Å². The highest BCUT2D eigenvalue weighted by Crippen LogP contribution is 2.20. The monoisotopic (exact) mass is 393 g/mol. The summed E-state index contributed by atoms with van der Waals surface area (Å²) in [5.74, 6) is 3.43. The van der Waals surface area contributed by atoms with Crippen LogP contribution < -0.4 is 5.32 Å². The van der Waals surface area contributed by atoms with E-state index < -0.39 is 0 Å². The van der Waals surface area contributed by atoms with E-state index >= 15 is 0 Å². The fourth-order valence-corrected chi connectivity index (χ4v) is 2.53. The first-order valence-electron chi connectivity index (χ1n) is 7.05. The molecule has 2 aliphatic heterocycles. The van der Waals surface area contributed by atoms with Gasteiger partial charge in [-0.1, -0.05) is 5.92 Å². The van der Waals surface area contributed by atoms with E-state index in [1.807, 2.05) is 0 Å². The van der Waals surface area contributed by atoms with Crippen LogP contribution in [-0.2, 0) is 9.47 Å². The van der Waals surface area contributed by atoms with Crippen LogP contribution in [0.5, 0.6) is 0 Å². The van der Waals surface area contributed by atoms with Gasteiger partial charge >= 0.3 is 0 Å². The Balaban J connectivity index is 0.00000200. The highest BCUT2D eigenvalue weighted by molar-refractivity contribution is 14.0. The van der Waals surface area contributed by atoms with E-state index in [1.54, 1.807) is 0 Å². The van der Waals surface area contributed by atoms with Crippen LogP contribution >= 0.6 is 24.0 Å². The fourth-order valence-electron chi connectivity index (χ4n) is 2.53. The van der Waals surface area contributed by atoms with E-state index in [4.69, 9.17) is 15.9 Å². The van der Waals surface area contributed by atoms with Crippen molar-refractivity contribution in [3.63, 3.8) is 0 Å². The molecule has 2 aliphatic rings. The first kappa shape index (κ1) is 17.5. The molecule has 0 aromatic heterocycles. The minimum absolute atomic E-state index is 0. The Morgan fingerprint density at radius 2 is 2.20 bits per heavy atom. The van der Waals surface area contributed by atoms with Gasteiger partial charge in [-0.3, -0.25) is 0 Å². The molecule has 2 atom stereocenters. The zero-order valence-corrected chi connectivity index (χ0v) is 14.3. The van der Waals surface area contributed by atoms with E-state index in [1.165, 1.54) is 0 Å². The predicted molar refractivity (Wildman–Crippen MR) is 90.5 cm³/mol. The summed E-state index contributed by atoms with van der Waals surface area (Å²) in [7, 11) is 0. The maximum atomic E-state index is 5.84. The second kappa shape index (κ2) is 9.42. The minimum Gasteiger partial charge on any atom is -0.375 e. The quantitative estimate of drug-likeness (QED) is 0.338. The van der Waals surface area contributed by atoms with Crippen molar-refractivity contribution >= 4 is 29.9 Å². The van der Waals surface area contributed by atoms with Gasteiger partial charge in [-0.05, 0) is 19.8 Å². The Morgan fingerprint density at radius 3 is 2.85 bits per heavy atom. The number of morpholine rings is 1. The number of ether oxygens (including phenoxy) is 2. The molecule has 1 N–H and O–H groups in total. The SMILES string of the molecule is C#CCN=C(NCC)N1CCOC(C2CCCO2)C1.I. The van der Waals surface area contributed by atoms with Crippen molar-refractivity contribution in [3.8, 4) is 12.3 Å². The largest absolute Gasteiger partial charge is 0.375 e. The van der Waals surface area contributed by atoms with Gasteiger partial charge in [0.1, 0.15) is 12.6 Å². The molecule has 2 heterocycles. The van der Waals surface area contributed by atoms with Gasteiger partial charge in [0.15, 0.2) is 5.96 Å². The normalized spacial score (nSPS) is 26.8. The van der Waals surface area contributed by atoms with Crippen molar-refractivity contribution in [2.24, 2.45) is 4.99 Å². The molecule has 5 nitrogen and oxygen atoms in total. The van der Waals surface area contributed by atoms with Gasteiger partial charge in [0.2, 0.25) is 0 Å². The average molecular weight is 393 g/mol. The van der Waals surface area contributed by atoms with Crippen molar-refractivity contribution in [2.75, 3.05) is 39.4 Å². The molecule has 0 aromatic rings. The molecule has 0 bridgehead atoms. The maximum absolute atomic E-state index is 5.84. The van der Waals surface area contributed by atoms with Crippen LogP contribution in [0.15, 0.2) is 4.99 Å². The Bertz CT molecular complexity index is 351. The number of hydrogen-bond donors (Lipinski definition) is 1. The van der Waals surface area contributed by atoms with E-state index in [-0.39, 0.29) is 36.2 Å². The van der Waals surface area contributed by atoms with Crippen molar-refractivity contribution in [3.05, 3.63) is 0 Å². The molecule has 6 heteroatoms. The summed E-state index contributed by atoms with van der Waals surface area (Å²) in [5, 5.41) is 3.28. The van der Waals surface area contributed by atoms with Crippen LogP contribution in [0.4, 0.5) is 0 Å². The van der Waals surface area contributed by atoms with Gasteiger partial charge in [-0.2, -0.15) is 0 Å². The zero-order chi connectivity index (χ0) is 13.5. The van der Waals surface area contributed by atoms with Crippen LogP contribution in [0.2, 0.25) is 0 Å². The highest BCUT2D eigenvalue weighted by Gasteiger charge is 2.32. The lowest BCUT2D eigenvalue weighted by Gasteiger charge is -2.37. The molecule has 0 aromatic carbocycles. The van der Waals surface area contributed by atoms with Gasteiger partial charge < -0.3 is 19.7 Å². The lowest BCUT2D eigenvalue weighted by atomic mass is 10.1. The van der Waals surface area contributed by atoms with Gasteiger partial charge in [-0.25, -0.2) is 4.99 Å². The Kier molecular flexibility index (Phi) is 8.26. The number of aliphatic imine (C=N–C) groups is 1. The second-order valence-corrected chi connectivity index (χ2v) is 4.78. The Morgan fingerprint density at radius 1 is 1.40 bits per heavy atom. The number of terminal acetylenes is 1. The van der Waals surface area contributed by atoms with Gasteiger partial charge in [0.25, 0.3) is 0 Å². The fraction of sp³-hybridized carbons (Fsp3) is 0.786. The Labute approximate surface area is 138 Å². The lowest BCUT2D eigenvalue weighted by Crippen LogP contribution is -2.53.